The molecule has 15 heavy (non-hydrogen) atoms. The average molecular weight is 212 g/mol. The van der Waals surface area contributed by atoms with Crippen molar-refractivity contribution < 1.29 is 5.11 Å². The molecule has 0 radical (unpaired) electrons. The summed E-state index contributed by atoms with van der Waals surface area (Å²) < 4.78 is 0. The number of nitrogens with zero attached hydrogens (tertiary/aromatic N) is 2. The summed E-state index contributed by atoms with van der Waals surface area (Å²) in [6.45, 7) is 3.30. The van der Waals surface area contributed by atoms with Gasteiger partial charge < -0.3 is 10.0 Å². The molecule has 1 heterocycles. The maximum absolute atomic E-state index is 10.2. The van der Waals surface area contributed by atoms with E-state index in [-0.39, 0.29) is 6.10 Å². The maximum Gasteiger partial charge on any atom is 0.0710 e. The van der Waals surface area contributed by atoms with Crippen LogP contribution in [0.5, 0.6) is 0 Å². The van der Waals surface area contributed by atoms with Crippen molar-refractivity contribution in [2.24, 2.45) is 5.92 Å². The van der Waals surface area contributed by atoms with Crippen molar-refractivity contribution in [1.29, 1.82) is 0 Å². The number of hydrogen-bond donors (Lipinski definition) is 1. The first-order valence-corrected chi connectivity index (χ1v) is 6.23. The molecule has 0 spiro atoms. The zero-order valence-corrected chi connectivity index (χ0v) is 10.0. The third-order valence-electron chi connectivity index (χ3n) is 3.83. The van der Waals surface area contributed by atoms with E-state index < -0.39 is 0 Å². The van der Waals surface area contributed by atoms with Gasteiger partial charge in [-0.1, -0.05) is 12.8 Å². The molecule has 2 atom stereocenters. The van der Waals surface area contributed by atoms with Crippen molar-refractivity contribution in [3.63, 3.8) is 0 Å². The van der Waals surface area contributed by atoms with Gasteiger partial charge in [-0.05, 0) is 45.9 Å². The van der Waals surface area contributed by atoms with Gasteiger partial charge in [-0.3, -0.25) is 4.90 Å². The second kappa shape index (κ2) is 4.81. The third kappa shape index (κ3) is 3.16. The smallest absolute Gasteiger partial charge is 0.0710 e. The van der Waals surface area contributed by atoms with Gasteiger partial charge in [0.05, 0.1) is 6.10 Å². The second-order valence-electron chi connectivity index (χ2n) is 5.41. The lowest BCUT2D eigenvalue weighted by Crippen LogP contribution is -2.46. The Hall–Kier alpha value is -0.120. The molecule has 2 aliphatic rings. The van der Waals surface area contributed by atoms with E-state index in [1.807, 2.05) is 0 Å². The molecule has 2 fully saturated rings. The number of aliphatic hydroxyl groups excluding tert-OH is 1. The summed E-state index contributed by atoms with van der Waals surface area (Å²) in [7, 11) is 4.32. The molecule has 2 rings (SSSR count). The van der Waals surface area contributed by atoms with Crippen LogP contribution in [0.25, 0.3) is 0 Å². The number of rotatable bonds is 3. The van der Waals surface area contributed by atoms with Crippen LogP contribution in [-0.2, 0) is 0 Å². The summed E-state index contributed by atoms with van der Waals surface area (Å²) in [5.74, 6) is 0.821. The van der Waals surface area contributed by atoms with Crippen molar-refractivity contribution in [1.82, 2.24) is 9.80 Å². The summed E-state index contributed by atoms with van der Waals surface area (Å²) in [4.78, 5) is 4.70. The molecule has 1 saturated carbocycles. The van der Waals surface area contributed by atoms with Crippen LogP contribution in [0.2, 0.25) is 0 Å². The first-order valence-electron chi connectivity index (χ1n) is 6.23. The molecule has 3 nitrogen and oxygen atoms in total. The Kier molecular flexibility index (Phi) is 3.65. The SMILES string of the molecule is CN1CCCN(C)C(C(O)CC2CC2)C1. The quantitative estimate of drug-likeness (QED) is 0.749. The third-order valence-corrected chi connectivity index (χ3v) is 3.83. The number of likely N-dealkylation sites (N-methyl/N-ethyl adjacent to an activating group) is 2. The molecule has 0 bridgehead atoms. The Morgan fingerprint density at radius 1 is 1.27 bits per heavy atom. The van der Waals surface area contributed by atoms with E-state index in [0.717, 1.165) is 32.0 Å². The van der Waals surface area contributed by atoms with Crippen molar-refractivity contribution >= 4 is 0 Å². The molecule has 1 saturated heterocycles. The summed E-state index contributed by atoms with van der Waals surface area (Å²) in [6.07, 6.45) is 4.79. The fraction of sp³-hybridized carbons (Fsp3) is 1.00. The van der Waals surface area contributed by atoms with Crippen LogP contribution in [0.15, 0.2) is 0 Å². The van der Waals surface area contributed by atoms with E-state index in [0.29, 0.717) is 6.04 Å². The summed E-state index contributed by atoms with van der Waals surface area (Å²) in [6, 6.07) is 0.345. The lowest BCUT2D eigenvalue weighted by Gasteiger charge is -2.31. The summed E-state index contributed by atoms with van der Waals surface area (Å²) >= 11 is 0. The Morgan fingerprint density at radius 2 is 2.00 bits per heavy atom. The van der Waals surface area contributed by atoms with Gasteiger partial charge in [0.25, 0.3) is 0 Å². The fourth-order valence-electron chi connectivity index (χ4n) is 2.57. The largest absolute Gasteiger partial charge is 0.391 e. The molecule has 0 amide bonds. The van der Waals surface area contributed by atoms with Gasteiger partial charge in [-0.15, -0.1) is 0 Å². The number of aliphatic hydroxyl groups is 1. The highest BCUT2D eigenvalue weighted by atomic mass is 16.3. The van der Waals surface area contributed by atoms with E-state index >= 15 is 0 Å². The van der Waals surface area contributed by atoms with Crippen LogP contribution in [-0.4, -0.2) is 60.8 Å². The zero-order valence-electron chi connectivity index (χ0n) is 10.0. The molecule has 3 heteroatoms. The highest BCUT2D eigenvalue weighted by Crippen LogP contribution is 2.34. The van der Waals surface area contributed by atoms with E-state index in [1.54, 1.807) is 0 Å². The first-order chi connectivity index (χ1) is 7.16. The van der Waals surface area contributed by atoms with Crippen molar-refractivity contribution in [3.05, 3.63) is 0 Å². The minimum absolute atomic E-state index is 0.122. The lowest BCUT2D eigenvalue weighted by atomic mass is 10.0. The monoisotopic (exact) mass is 212 g/mol. The molecular formula is C12H24N2O. The first kappa shape index (κ1) is 11.4. The second-order valence-corrected chi connectivity index (χ2v) is 5.41. The molecule has 1 aliphatic carbocycles. The molecule has 2 unspecified atom stereocenters. The highest BCUT2D eigenvalue weighted by molar-refractivity contribution is 4.87. The summed E-state index contributed by atoms with van der Waals surface area (Å²) in [5, 5.41) is 10.2. The molecule has 88 valence electrons. The molecule has 0 aromatic heterocycles. The lowest BCUT2D eigenvalue weighted by molar-refractivity contribution is 0.0481. The standard InChI is InChI=1S/C12H24N2O/c1-13-6-3-7-14(2)11(9-13)12(15)8-10-4-5-10/h10-12,15H,3-9H2,1-2H3. The van der Waals surface area contributed by atoms with Crippen LogP contribution < -0.4 is 0 Å². The Balaban J connectivity index is 1.89. The minimum Gasteiger partial charge on any atom is -0.391 e. The van der Waals surface area contributed by atoms with Crippen LogP contribution in [0.3, 0.4) is 0 Å². The van der Waals surface area contributed by atoms with Crippen molar-refractivity contribution in [2.75, 3.05) is 33.7 Å². The van der Waals surface area contributed by atoms with Gasteiger partial charge in [0.1, 0.15) is 0 Å². The summed E-state index contributed by atoms with van der Waals surface area (Å²) in [5.41, 5.74) is 0. The van der Waals surface area contributed by atoms with Crippen LogP contribution in [0.1, 0.15) is 25.7 Å². The normalized spacial score (nSPS) is 32.6. The van der Waals surface area contributed by atoms with Gasteiger partial charge in [0, 0.05) is 12.6 Å². The Bertz CT molecular complexity index is 206. The molecule has 1 N–H and O–H groups in total. The molecule has 0 aromatic rings. The predicted octanol–water partition coefficient (Wildman–Crippen LogP) is 0.783. The molecule has 1 aliphatic heterocycles. The fourth-order valence-corrected chi connectivity index (χ4v) is 2.57. The van der Waals surface area contributed by atoms with E-state index in [2.05, 4.69) is 23.9 Å². The van der Waals surface area contributed by atoms with Gasteiger partial charge >= 0.3 is 0 Å². The topological polar surface area (TPSA) is 26.7 Å². The number of hydrogen-bond acceptors (Lipinski definition) is 3. The van der Waals surface area contributed by atoms with Gasteiger partial charge in [0.2, 0.25) is 0 Å². The predicted molar refractivity (Wildman–Crippen MR) is 61.9 cm³/mol. The average Bonchev–Trinajstić information content (AvgIpc) is 2.97. The van der Waals surface area contributed by atoms with E-state index in [4.69, 9.17) is 0 Å². The van der Waals surface area contributed by atoms with Crippen LogP contribution in [0, 0.1) is 5.92 Å². The van der Waals surface area contributed by atoms with E-state index in [1.165, 1.54) is 19.3 Å². The maximum atomic E-state index is 10.2. The molecular weight excluding hydrogens is 188 g/mol. The highest BCUT2D eigenvalue weighted by Gasteiger charge is 2.32. The Morgan fingerprint density at radius 3 is 2.67 bits per heavy atom. The zero-order chi connectivity index (χ0) is 10.8. The van der Waals surface area contributed by atoms with Gasteiger partial charge in [-0.2, -0.15) is 0 Å². The minimum atomic E-state index is -0.122. The van der Waals surface area contributed by atoms with Gasteiger partial charge in [-0.25, -0.2) is 0 Å². The molecule has 0 aromatic carbocycles. The Labute approximate surface area is 93.1 Å². The van der Waals surface area contributed by atoms with Crippen molar-refractivity contribution in [3.8, 4) is 0 Å². The van der Waals surface area contributed by atoms with E-state index in [9.17, 15) is 5.11 Å². The van der Waals surface area contributed by atoms with Crippen LogP contribution in [0.4, 0.5) is 0 Å². The van der Waals surface area contributed by atoms with Gasteiger partial charge in [0.15, 0.2) is 0 Å². The van der Waals surface area contributed by atoms with Crippen LogP contribution >= 0.6 is 0 Å². The van der Waals surface area contributed by atoms with Crippen molar-refractivity contribution in [2.45, 2.75) is 37.8 Å².